The molecule has 0 aromatic heterocycles. The summed E-state index contributed by atoms with van der Waals surface area (Å²) >= 11 is 0. The van der Waals surface area contributed by atoms with Crippen LogP contribution in [0.15, 0.2) is 47.5 Å². The monoisotopic (exact) mass is 368 g/mol. The number of rotatable bonds is 4. The number of hydrogen-bond donors (Lipinski definition) is 2. The SMILES string of the molecule is CN=C(NCCc1cccc2ccccc12)NC1CCN(C(=O)OC)CC1. The van der Waals surface area contributed by atoms with E-state index in [9.17, 15) is 4.79 Å². The fraction of sp³-hybridized carbons (Fsp3) is 0.429. The maximum atomic E-state index is 11.6. The molecule has 0 atom stereocenters. The van der Waals surface area contributed by atoms with Crippen LogP contribution in [0, 0.1) is 0 Å². The number of ether oxygens (including phenoxy) is 1. The molecule has 27 heavy (non-hydrogen) atoms. The summed E-state index contributed by atoms with van der Waals surface area (Å²) in [6.07, 6.45) is 2.47. The minimum absolute atomic E-state index is 0.244. The molecule has 1 aliphatic heterocycles. The van der Waals surface area contributed by atoms with E-state index < -0.39 is 0 Å². The molecular weight excluding hydrogens is 340 g/mol. The molecule has 1 amide bonds. The summed E-state index contributed by atoms with van der Waals surface area (Å²) < 4.78 is 4.78. The molecule has 1 saturated heterocycles. The Labute approximate surface area is 160 Å². The van der Waals surface area contributed by atoms with E-state index in [-0.39, 0.29) is 6.09 Å². The zero-order valence-corrected chi connectivity index (χ0v) is 16.1. The first kappa shape index (κ1) is 19.0. The van der Waals surface area contributed by atoms with Crippen LogP contribution in [-0.2, 0) is 11.2 Å². The Balaban J connectivity index is 1.48. The number of carbonyl (C=O) groups is 1. The van der Waals surface area contributed by atoms with Crippen molar-refractivity contribution in [3.8, 4) is 0 Å². The molecule has 0 saturated carbocycles. The molecule has 0 aliphatic carbocycles. The minimum Gasteiger partial charge on any atom is -0.453 e. The molecule has 1 heterocycles. The fourth-order valence-corrected chi connectivity index (χ4v) is 3.55. The van der Waals surface area contributed by atoms with Crippen LogP contribution in [0.5, 0.6) is 0 Å². The number of nitrogens with zero attached hydrogens (tertiary/aromatic N) is 2. The first-order valence-corrected chi connectivity index (χ1v) is 9.48. The molecule has 6 heteroatoms. The lowest BCUT2D eigenvalue weighted by Gasteiger charge is -2.32. The number of methoxy groups -OCH3 is 1. The highest BCUT2D eigenvalue weighted by molar-refractivity contribution is 5.85. The van der Waals surface area contributed by atoms with Crippen molar-refractivity contribution in [2.45, 2.75) is 25.3 Å². The Kier molecular flexibility index (Phi) is 6.52. The predicted molar refractivity (Wildman–Crippen MR) is 109 cm³/mol. The number of piperidine rings is 1. The van der Waals surface area contributed by atoms with Crippen molar-refractivity contribution >= 4 is 22.8 Å². The Bertz CT molecular complexity index is 792. The van der Waals surface area contributed by atoms with Gasteiger partial charge in [0.25, 0.3) is 0 Å². The average molecular weight is 368 g/mol. The highest BCUT2D eigenvalue weighted by Crippen LogP contribution is 2.18. The highest BCUT2D eigenvalue weighted by Gasteiger charge is 2.23. The molecule has 3 rings (SSSR count). The molecule has 2 N–H and O–H groups in total. The molecule has 0 bridgehead atoms. The van der Waals surface area contributed by atoms with Gasteiger partial charge in [-0.3, -0.25) is 4.99 Å². The number of benzene rings is 2. The normalized spacial score (nSPS) is 15.6. The van der Waals surface area contributed by atoms with Crippen molar-refractivity contribution < 1.29 is 9.53 Å². The molecule has 6 nitrogen and oxygen atoms in total. The van der Waals surface area contributed by atoms with Gasteiger partial charge in [0.1, 0.15) is 0 Å². The molecular formula is C21H28N4O2. The maximum absolute atomic E-state index is 11.6. The fourth-order valence-electron chi connectivity index (χ4n) is 3.55. The lowest BCUT2D eigenvalue weighted by atomic mass is 10.0. The van der Waals surface area contributed by atoms with Crippen LogP contribution in [0.1, 0.15) is 18.4 Å². The second kappa shape index (κ2) is 9.26. The topological polar surface area (TPSA) is 66.0 Å². The van der Waals surface area contributed by atoms with Gasteiger partial charge in [0.15, 0.2) is 5.96 Å². The predicted octanol–water partition coefficient (Wildman–Crippen LogP) is 2.78. The van der Waals surface area contributed by atoms with Gasteiger partial charge in [0, 0.05) is 32.7 Å². The van der Waals surface area contributed by atoms with Crippen molar-refractivity contribution in [3.05, 3.63) is 48.0 Å². The van der Waals surface area contributed by atoms with E-state index in [1.807, 2.05) is 0 Å². The first-order chi connectivity index (χ1) is 13.2. The minimum atomic E-state index is -0.244. The van der Waals surface area contributed by atoms with Crippen LogP contribution >= 0.6 is 0 Å². The van der Waals surface area contributed by atoms with Crippen LogP contribution in [0.2, 0.25) is 0 Å². The number of likely N-dealkylation sites (tertiary alicyclic amines) is 1. The van der Waals surface area contributed by atoms with Crippen molar-refractivity contribution in [1.82, 2.24) is 15.5 Å². The average Bonchev–Trinajstić information content (AvgIpc) is 2.73. The van der Waals surface area contributed by atoms with Crippen molar-refractivity contribution in [3.63, 3.8) is 0 Å². The largest absolute Gasteiger partial charge is 0.453 e. The Morgan fingerprint density at radius 1 is 1.19 bits per heavy atom. The number of guanidine groups is 1. The summed E-state index contributed by atoms with van der Waals surface area (Å²) in [6.45, 7) is 2.23. The van der Waals surface area contributed by atoms with Crippen molar-refractivity contribution in [1.29, 1.82) is 0 Å². The lowest BCUT2D eigenvalue weighted by molar-refractivity contribution is 0.111. The summed E-state index contributed by atoms with van der Waals surface area (Å²) in [4.78, 5) is 17.6. The van der Waals surface area contributed by atoms with Gasteiger partial charge in [-0.05, 0) is 35.6 Å². The van der Waals surface area contributed by atoms with Crippen LogP contribution in [0.4, 0.5) is 4.79 Å². The van der Waals surface area contributed by atoms with E-state index in [0.29, 0.717) is 19.1 Å². The van der Waals surface area contributed by atoms with E-state index in [1.165, 1.54) is 23.4 Å². The van der Waals surface area contributed by atoms with Crippen LogP contribution in [0.3, 0.4) is 0 Å². The van der Waals surface area contributed by atoms with Gasteiger partial charge >= 0.3 is 6.09 Å². The summed E-state index contributed by atoms with van der Waals surface area (Å²) in [5.74, 6) is 0.812. The maximum Gasteiger partial charge on any atom is 0.409 e. The molecule has 2 aromatic carbocycles. The summed E-state index contributed by atoms with van der Waals surface area (Å²) in [5.41, 5.74) is 1.34. The molecule has 0 spiro atoms. The van der Waals surface area contributed by atoms with E-state index in [2.05, 4.69) is 58.1 Å². The van der Waals surface area contributed by atoms with E-state index in [0.717, 1.165) is 31.8 Å². The summed E-state index contributed by atoms with van der Waals surface area (Å²) in [7, 11) is 3.21. The van der Waals surface area contributed by atoms with Gasteiger partial charge in [-0.15, -0.1) is 0 Å². The third-order valence-corrected chi connectivity index (χ3v) is 5.06. The number of nitrogens with one attached hydrogen (secondary N) is 2. The molecule has 2 aromatic rings. The van der Waals surface area contributed by atoms with Gasteiger partial charge < -0.3 is 20.3 Å². The zero-order valence-electron chi connectivity index (χ0n) is 16.1. The molecule has 0 unspecified atom stereocenters. The van der Waals surface area contributed by atoms with Gasteiger partial charge in [-0.25, -0.2) is 4.79 Å². The Morgan fingerprint density at radius 2 is 1.93 bits per heavy atom. The van der Waals surface area contributed by atoms with E-state index in [1.54, 1.807) is 11.9 Å². The van der Waals surface area contributed by atoms with Crippen LogP contribution < -0.4 is 10.6 Å². The summed E-state index contributed by atoms with van der Waals surface area (Å²) in [6, 6.07) is 15.2. The van der Waals surface area contributed by atoms with E-state index >= 15 is 0 Å². The van der Waals surface area contributed by atoms with Crippen molar-refractivity contribution in [2.24, 2.45) is 4.99 Å². The Hall–Kier alpha value is -2.76. The number of amides is 1. The molecule has 144 valence electrons. The third kappa shape index (κ3) is 4.90. The van der Waals surface area contributed by atoms with Gasteiger partial charge in [-0.2, -0.15) is 0 Å². The quantitative estimate of drug-likeness (QED) is 0.643. The van der Waals surface area contributed by atoms with Gasteiger partial charge in [0.05, 0.1) is 7.11 Å². The molecule has 1 fully saturated rings. The standard InChI is InChI=1S/C21H28N4O2/c1-22-20(24-18-11-14-25(15-12-18)21(26)27-2)23-13-10-17-8-5-7-16-6-3-4-9-19(16)17/h3-9,18H,10-15H2,1-2H3,(H2,22,23,24). The number of fused-ring (bicyclic) bond motifs is 1. The van der Waals surface area contributed by atoms with E-state index in [4.69, 9.17) is 4.74 Å². The van der Waals surface area contributed by atoms with Crippen LogP contribution in [0.25, 0.3) is 10.8 Å². The highest BCUT2D eigenvalue weighted by atomic mass is 16.5. The van der Waals surface area contributed by atoms with Crippen molar-refractivity contribution in [2.75, 3.05) is 33.8 Å². The zero-order chi connectivity index (χ0) is 19.1. The molecule has 0 radical (unpaired) electrons. The summed E-state index contributed by atoms with van der Waals surface area (Å²) in [5, 5.41) is 9.45. The molecule has 1 aliphatic rings. The van der Waals surface area contributed by atoms with Crippen LogP contribution in [-0.4, -0.2) is 56.8 Å². The Morgan fingerprint density at radius 3 is 2.67 bits per heavy atom. The number of aliphatic imine (C=N–C) groups is 1. The lowest BCUT2D eigenvalue weighted by Crippen LogP contribution is -2.50. The third-order valence-electron chi connectivity index (χ3n) is 5.06. The second-order valence-electron chi connectivity index (χ2n) is 6.76. The second-order valence-corrected chi connectivity index (χ2v) is 6.76. The number of hydrogen-bond acceptors (Lipinski definition) is 3. The van der Waals surface area contributed by atoms with Gasteiger partial charge in [0.2, 0.25) is 0 Å². The number of carbonyl (C=O) groups excluding carboxylic acids is 1. The van der Waals surface area contributed by atoms with Gasteiger partial charge in [-0.1, -0.05) is 42.5 Å². The smallest absolute Gasteiger partial charge is 0.409 e. The first-order valence-electron chi connectivity index (χ1n) is 9.48.